The SMILES string of the molecule is CCC(C)C1C(=O)NC(C2CC2)C(=O)N1CCF. The van der Waals surface area contributed by atoms with E-state index in [0.717, 1.165) is 19.3 Å². The molecule has 1 aliphatic heterocycles. The maximum Gasteiger partial charge on any atom is 0.246 e. The first-order valence-corrected chi connectivity index (χ1v) is 6.77. The number of rotatable bonds is 5. The molecular formula is C13H21FN2O2. The Balaban J connectivity index is 2.18. The summed E-state index contributed by atoms with van der Waals surface area (Å²) in [5, 5.41) is 2.83. The minimum absolute atomic E-state index is 0.0322. The van der Waals surface area contributed by atoms with Gasteiger partial charge in [-0.25, -0.2) is 4.39 Å². The van der Waals surface area contributed by atoms with E-state index in [0.29, 0.717) is 0 Å². The third-order valence-electron chi connectivity index (χ3n) is 4.05. The van der Waals surface area contributed by atoms with E-state index in [-0.39, 0.29) is 30.2 Å². The Bertz CT molecular complexity index is 344. The van der Waals surface area contributed by atoms with Crippen molar-refractivity contribution < 1.29 is 14.0 Å². The fourth-order valence-electron chi connectivity index (χ4n) is 2.64. The molecule has 1 aliphatic carbocycles. The molecule has 4 nitrogen and oxygen atoms in total. The first kappa shape index (κ1) is 13.3. The topological polar surface area (TPSA) is 49.4 Å². The van der Waals surface area contributed by atoms with Crippen molar-refractivity contribution in [3.63, 3.8) is 0 Å². The van der Waals surface area contributed by atoms with Gasteiger partial charge in [-0.2, -0.15) is 0 Å². The highest BCUT2D eigenvalue weighted by Crippen LogP contribution is 2.35. The van der Waals surface area contributed by atoms with Gasteiger partial charge in [-0.15, -0.1) is 0 Å². The molecular weight excluding hydrogens is 235 g/mol. The van der Waals surface area contributed by atoms with Gasteiger partial charge in [0.25, 0.3) is 0 Å². The number of amides is 2. The van der Waals surface area contributed by atoms with Crippen molar-refractivity contribution in [3.8, 4) is 0 Å². The Morgan fingerprint density at radius 3 is 2.61 bits per heavy atom. The van der Waals surface area contributed by atoms with Crippen LogP contribution >= 0.6 is 0 Å². The summed E-state index contributed by atoms with van der Waals surface area (Å²) in [5.41, 5.74) is 0. The number of carbonyl (C=O) groups is 2. The summed E-state index contributed by atoms with van der Waals surface area (Å²) in [6, 6.07) is -0.919. The minimum atomic E-state index is -0.594. The minimum Gasteiger partial charge on any atom is -0.342 e. The van der Waals surface area contributed by atoms with Crippen molar-refractivity contribution >= 4 is 11.8 Å². The van der Waals surface area contributed by atoms with Crippen LogP contribution in [0.1, 0.15) is 33.1 Å². The van der Waals surface area contributed by atoms with Gasteiger partial charge in [-0.1, -0.05) is 20.3 Å². The van der Waals surface area contributed by atoms with E-state index in [4.69, 9.17) is 0 Å². The van der Waals surface area contributed by atoms with Gasteiger partial charge in [0.1, 0.15) is 18.8 Å². The molecule has 1 saturated heterocycles. The number of nitrogens with one attached hydrogen (secondary N) is 1. The lowest BCUT2D eigenvalue weighted by Gasteiger charge is -2.41. The van der Waals surface area contributed by atoms with Crippen molar-refractivity contribution in [2.45, 2.75) is 45.2 Å². The van der Waals surface area contributed by atoms with Crippen LogP contribution in [-0.4, -0.2) is 42.0 Å². The molecule has 2 aliphatic rings. The molecule has 2 amide bonds. The highest BCUT2D eigenvalue weighted by molar-refractivity contribution is 5.97. The summed E-state index contributed by atoms with van der Waals surface area (Å²) in [6.45, 7) is 3.34. The van der Waals surface area contributed by atoms with Crippen LogP contribution in [0.2, 0.25) is 0 Å². The third kappa shape index (κ3) is 2.35. The van der Waals surface area contributed by atoms with E-state index in [9.17, 15) is 14.0 Å². The molecule has 2 fully saturated rings. The largest absolute Gasteiger partial charge is 0.342 e. The number of hydrogen-bond acceptors (Lipinski definition) is 2. The molecule has 5 heteroatoms. The van der Waals surface area contributed by atoms with Crippen molar-refractivity contribution in [3.05, 3.63) is 0 Å². The Kier molecular flexibility index (Phi) is 3.88. The molecule has 102 valence electrons. The highest BCUT2D eigenvalue weighted by Gasteiger charge is 2.47. The zero-order valence-electron chi connectivity index (χ0n) is 11.0. The van der Waals surface area contributed by atoms with Gasteiger partial charge in [0.15, 0.2) is 0 Å². The summed E-state index contributed by atoms with van der Waals surface area (Å²) in [5.74, 6) is 0.108. The second kappa shape index (κ2) is 5.24. The van der Waals surface area contributed by atoms with Crippen molar-refractivity contribution in [1.29, 1.82) is 0 Å². The molecule has 0 radical (unpaired) electrons. The third-order valence-corrected chi connectivity index (χ3v) is 4.05. The number of hydrogen-bond donors (Lipinski definition) is 1. The lowest BCUT2D eigenvalue weighted by atomic mass is 9.92. The summed E-state index contributed by atoms with van der Waals surface area (Å²) >= 11 is 0. The molecule has 18 heavy (non-hydrogen) atoms. The predicted octanol–water partition coefficient (Wildman–Crippen LogP) is 1.11. The maximum atomic E-state index is 12.6. The summed E-state index contributed by atoms with van der Waals surface area (Å²) in [4.78, 5) is 25.9. The number of piperazine rings is 1. The van der Waals surface area contributed by atoms with Crippen molar-refractivity contribution in [2.75, 3.05) is 13.2 Å². The molecule has 1 saturated carbocycles. The van der Waals surface area contributed by atoms with Crippen LogP contribution in [0.3, 0.4) is 0 Å². The van der Waals surface area contributed by atoms with Gasteiger partial charge in [0.05, 0.1) is 0 Å². The molecule has 0 aromatic carbocycles. The van der Waals surface area contributed by atoms with E-state index < -0.39 is 18.8 Å². The second-order valence-electron chi connectivity index (χ2n) is 5.37. The molecule has 0 bridgehead atoms. The van der Waals surface area contributed by atoms with E-state index in [1.54, 1.807) is 0 Å². The summed E-state index contributed by atoms with van der Waals surface area (Å²) in [6.07, 6.45) is 2.75. The van der Waals surface area contributed by atoms with Gasteiger partial charge < -0.3 is 10.2 Å². The molecule has 3 unspecified atom stereocenters. The van der Waals surface area contributed by atoms with Gasteiger partial charge >= 0.3 is 0 Å². The van der Waals surface area contributed by atoms with Crippen LogP contribution in [0, 0.1) is 11.8 Å². The molecule has 0 spiro atoms. The zero-order valence-corrected chi connectivity index (χ0v) is 11.0. The van der Waals surface area contributed by atoms with E-state index in [2.05, 4.69) is 5.32 Å². The van der Waals surface area contributed by atoms with Crippen LogP contribution in [0.4, 0.5) is 4.39 Å². The number of nitrogens with zero attached hydrogens (tertiary/aromatic N) is 1. The monoisotopic (exact) mass is 256 g/mol. The Hall–Kier alpha value is -1.13. The molecule has 0 aromatic heterocycles. The lowest BCUT2D eigenvalue weighted by Crippen LogP contribution is -2.65. The molecule has 1 heterocycles. The highest BCUT2D eigenvalue weighted by atomic mass is 19.1. The van der Waals surface area contributed by atoms with E-state index >= 15 is 0 Å². The lowest BCUT2D eigenvalue weighted by molar-refractivity contribution is -0.152. The van der Waals surface area contributed by atoms with Crippen LogP contribution < -0.4 is 5.32 Å². The quantitative estimate of drug-likeness (QED) is 0.801. The summed E-state index contributed by atoms with van der Waals surface area (Å²) in [7, 11) is 0. The fourth-order valence-corrected chi connectivity index (χ4v) is 2.64. The first-order valence-electron chi connectivity index (χ1n) is 6.77. The average Bonchev–Trinajstić information content (AvgIpc) is 3.17. The van der Waals surface area contributed by atoms with Gasteiger partial charge in [-0.05, 0) is 24.7 Å². The predicted molar refractivity (Wildman–Crippen MR) is 65.6 cm³/mol. The van der Waals surface area contributed by atoms with Crippen LogP contribution in [0.25, 0.3) is 0 Å². The Labute approximate surface area is 107 Å². The number of halogens is 1. The van der Waals surface area contributed by atoms with Gasteiger partial charge in [-0.3, -0.25) is 9.59 Å². The average molecular weight is 256 g/mol. The molecule has 3 atom stereocenters. The van der Waals surface area contributed by atoms with Crippen molar-refractivity contribution in [1.82, 2.24) is 10.2 Å². The standard InChI is InChI=1S/C13H21FN2O2/c1-3-8(2)11-12(17)15-10(9-4-5-9)13(18)16(11)7-6-14/h8-11H,3-7H2,1-2H3,(H,15,17). The first-order chi connectivity index (χ1) is 8.60. The van der Waals surface area contributed by atoms with Crippen LogP contribution in [0.5, 0.6) is 0 Å². The Morgan fingerprint density at radius 1 is 1.44 bits per heavy atom. The number of carbonyl (C=O) groups excluding carboxylic acids is 2. The molecule has 0 aromatic rings. The van der Waals surface area contributed by atoms with Crippen LogP contribution in [-0.2, 0) is 9.59 Å². The smallest absolute Gasteiger partial charge is 0.246 e. The fraction of sp³-hybridized carbons (Fsp3) is 0.846. The zero-order chi connectivity index (χ0) is 13.3. The van der Waals surface area contributed by atoms with Gasteiger partial charge in [0, 0.05) is 6.54 Å². The number of alkyl halides is 1. The molecule has 1 N–H and O–H groups in total. The van der Waals surface area contributed by atoms with Crippen LogP contribution in [0.15, 0.2) is 0 Å². The van der Waals surface area contributed by atoms with E-state index in [1.807, 2.05) is 13.8 Å². The second-order valence-corrected chi connectivity index (χ2v) is 5.37. The van der Waals surface area contributed by atoms with Crippen molar-refractivity contribution in [2.24, 2.45) is 11.8 Å². The molecule has 2 rings (SSSR count). The Morgan fingerprint density at radius 2 is 2.11 bits per heavy atom. The maximum absolute atomic E-state index is 12.6. The van der Waals surface area contributed by atoms with E-state index in [1.165, 1.54) is 4.90 Å². The summed E-state index contributed by atoms with van der Waals surface area (Å²) < 4.78 is 12.6. The normalized spacial score (nSPS) is 30.3. The van der Waals surface area contributed by atoms with Gasteiger partial charge in [0.2, 0.25) is 11.8 Å².